The highest BCUT2D eigenvalue weighted by Crippen LogP contribution is 2.18. The van der Waals surface area contributed by atoms with Crippen molar-refractivity contribution in [3.63, 3.8) is 0 Å². The van der Waals surface area contributed by atoms with Crippen molar-refractivity contribution in [2.45, 2.75) is 13.3 Å². The van der Waals surface area contributed by atoms with Gasteiger partial charge in [-0.15, -0.1) is 5.10 Å². The first-order valence-electron chi connectivity index (χ1n) is 6.09. The van der Waals surface area contributed by atoms with Crippen LogP contribution in [0.5, 0.6) is 0 Å². The Bertz CT molecular complexity index is 782. The van der Waals surface area contributed by atoms with Gasteiger partial charge in [-0.25, -0.2) is 9.78 Å². The standard InChI is InChI=1S/C13H11N5O2/c1-2-11-16-13-15-9(8-4-3-5-14-7-8)6-10(12(19)20)18(13)17-11/h3-7H,2H2,1H3,(H,19,20). The SMILES string of the molecule is CCc1nc2nc(-c3cccnc3)cc(C(=O)O)n2n1. The number of carboxylic acid groups (broad SMARTS) is 1. The van der Waals surface area contributed by atoms with Crippen LogP contribution in [0.1, 0.15) is 23.2 Å². The summed E-state index contributed by atoms with van der Waals surface area (Å²) in [6, 6.07) is 5.05. The summed E-state index contributed by atoms with van der Waals surface area (Å²) in [4.78, 5) is 23.9. The maximum absolute atomic E-state index is 11.4. The van der Waals surface area contributed by atoms with Crippen LogP contribution in [-0.4, -0.2) is 35.6 Å². The number of carboxylic acids is 1. The Morgan fingerprint density at radius 1 is 1.40 bits per heavy atom. The van der Waals surface area contributed by atoms with Crippen molar-refractivity contribution in [3.8, 4) is 11.3 Å². The van der Waals surface area contributed by atoms with Crippen molar-refractivity contribution in [3.05, 3.63) is 42.1 Å². The van der Waals surface area contributed by atoms with Crippen LogP contribution in [0.15, 0.2) is 30.6 Å². The Kier molecular flexibility index (Phi) is 2.86. The van der Waals surface area contributed by atoms with E-state index in [9.17, 15) is 9.90 Å². The Labute approximate surface area is 114 Å². The lowest BCUT2D eigenvalue weighted by atomic mass is 10.2. The average molecular weight is 269 g/mol. The van der Waals surface area contributed by atoms with Crippen molar-refractivity contribution < 1.29 is 9.90 Å². The molecule has 0 radical (unpaired) electrons. The summed E-state index contributed by atoms with van der Waals surface area (Å²) in [5.41, 5.74) is 1.28. The third-order valence-corrected chi connectivity index (χ3v) is 2.85. The zero-order chi connectivity index (χ0) is 14.1. The van der Waals surface area contributed by atoms with Crippen molar-refractivity contribution in [2.75, 3.05) is 0 Å². The number of rotatable bonds is 3. The van der Waals surface area contributed by atoms with Gasteiger partial charge in [-0.3, -0.25) is 4.98 Å². The summed E-state index contributed by atoms with van der Waals surface area (Å²) in [7, 11) is 0. The molecule has 0 saturated carbocycles. The molecule has 0 amide bonds. The summed E-state index contributed by atoms with van der Waals surface area (Å²) in [5, 5.41) is 13.4. The van der Waals surface area contributed by atoms with Crippen LogP contribution in [0.25, 0.3) is 17.0 Å². The van der Waals surface area contributed by atoms with E-state index in [2.05, 4.69) is 20.1 Å². The van der Waals surface area contributed by atoms with E-state index in [-0.39, 0.29) is 11.5 Å². The predicted octanol–water partition coefficient (Wildman–Crippen LogP) is 1.45. The summed E-state index contributed by atoms with van der Waals surface area (Å²) in [6.45, 7) is 1.90. The van der Waals surface area contributed by atoms with Gasteiger partial charge in [-0.1, -0.05) is 6.92 Å². The lowest BCUT2D eigenvalue weighted by molar-refractivity contribution is 0.0687. The second kappa shape index (κ2) is 4.69. The molecule has 3 aromatic rings. The number of hydrogen-bond donors (Lipinski definition) is 1. The van der Waals surface area contributed by atoms with E-state index >= 15 is 0 Å². The molecule has 7 heteroatoms. The number of aromatic carboxylic acids is 1. The molecule has 3 aromatic heterocycles. The Balaban J connectivity index is 2.27. The van der Waals surface area contributed by atoms with E-state index in [1.165, 1.54) is 10.6 Å². The van der Waals surface area contributed by atoms with Crippen LogP contribution in [0.4, 0.5) is 0 Å². The highest BCUT2D eigenvalue weighted by molar-refractivity contribution is 5.87. The van der Waals surface area contributed by atoms with Gasteiger partial charge in [-0.05, 0) is 18.2 Å². The fourth-order valence-electron chi connectivity index (χ4n) is 1.87. The number of aromatic nitrogens is 5. The molecule has 3 heterocycles. The molecular formula is C13H11N5O2. The van der Waals surface area contributed by atoms with Gasteiger partial charge in [0.25, 0.3) is 5.78 Å². The highest BCUT2D eigenvalue weighted by atomic mass is 16.4. The summed E-state index contributed by atoms with van der Waals surface area (Å²) < 4.78 is 1.25. The third kappa shape index (κ3) is 1.99. The molecule has 1 N–H and O–H groups in total. The van der Waals surface area contributed by atoms with Gasteiger partial charge in [0.05, 0.1) is 5.69 Å². The molecule has 0 unspecified atom stereocenters. The largest absolute Gasteiger partial charge is 0.477 e. The third-order valence-electron chi connectivity index (χ3n) is 2.85. The minimum absolute atomic E-state index is 0.0288. The maximum Gasteiger partial charge on any atom is 0.354 e. The molecular weight excluding hydrogens is 258 g/mol. The second-order valence-corrected chi connectivity index (χ2v) is 4.17. The molecule has 3 rings (SSSR count). The molecule has 100 valence electrons. The van der Waals surface area contributed by atoms with E-state index in [4.69, 9.17) is 0 Å². The highest BCUT2D eigenvalue weighted by Gasteiger charge is 2.16. The van der Waals surface area contributed by atoms with Crippen LogP contribution in [0.3, 0.4) is 0 Å². The lowest BCUT2D eigenvalue weighted by Gasteiger charge is -2.03. The van der Waals surface area contributed by atoms with Crippen LogP contribution < -0.4 is 0 Å². The van der Waals surface area contributed by atoms with Crippen molar-refractivity contribution in [2.24, 2.45) is 0 Å². The zero-order valence-corrected chi connectivity index (χ0v) is 10.7. The molecule has 7 nitrogen and oxygen atoms in total. The first-order chi connectivity index (χ1) is 9.69. The average Bonchev–Trinajstić information content (AvgIpc) is 2.89. The minimum Gasteiger partial charge on any atom is -0.477 e. The van der Waals surface area contributed by atoms with Gasteiger partial charge in [0, 0.05) is 24.4 Å². The van der Waals surface area contributed by atoms with Crippen LogP contribution >= 0.6 is 0 Å². The number of aryl methyl sites for hydroxylation is 1. The molecule has 20 heavy (non-hydrogen) atoms. The topological polar surface area (TPSA) is 93.3 Å². The zero-order valence-electron chi connectivity index (χ0n) is 10.7. The molecule has 0 spiro atoms. The first-order valence-corrected chi connectivity index (χ1v) is 6.09. The van der Waals surface area contributed by atoms with E-state index in [1.54, 1.807) is 18.5 Å². The molecule has 0 aliphatic rings. The molecule has 0 atom stereocenters. The van der Waals surface area contributed by atoms with Gasteiger partial charge in [0.1, 0.15) is 0 Å². The van der Waals surface area contributed by atoms with Gasteiger partial charge in [-0.2, -0.15) is 9.50 Å². The van der Waals surface area contributed by atoms with Crippen molar-refractivity contribution in [1.29, 1.82) is 0 Å². The Morgan fingerprint density at radius 2 is 2.25 bits per heavy atom. The Hall–Kier alpha value is -2.83. The van der Waals surface area contributed by atoms with Gasteiger partial charge in [0.2, 0.25) is 0 Å². The molecule has 0 bridgehead atoms. The first kappa shape index (κ1) is 12.2. The number of carbonyl (C=O) groups is 1. The predicted molar refractivity (Wildman–Crippen MR) is 70.4 cm³/mol. The van der Waals surface area contributed by atoms with Crippen LogP contribution in [0, 0.1) is 0 Å². The lowest BCUT2D eigenvalue weighted by Crippen LogP contribution is -2.08. The Morgan fingerprint density at radius 3 is 2.90 bits per heavy atom. The molecule has 0 fully saturated rings. The van der Waals surface area contributed by atoms with Crippen LogP contribution in [-0.2, 0) is 6.42 Å². The maximum atomic E-state index is 11.4. The van der Waals surface area contributed by atoms with Gasteiger partial charge >= 0.3 is 5.97 Å². The van der Waals surface area contributed by atoms with E-state index in [0.29, 0.717) is 17.9 Å². The number of hydrogen-bond acceptors (Lipinski definition) is 5. The monoisotopic (exact) mass is 269 g/mol. The second-order valence-electron chi connectivity index (χ2n) is 4.17. The molecule has 0 aromatic carbocycles. The smallest absolute Gasteiger partial charge is 0.354 e. The van der Waals surface area contributed by atoms with Crippen molar-refractivity contribution in [1.82, 2.24) is 24.6 Å². The van der Waals surface area contributed by atoms with E-state index < -0.39 is 5.97 Å². The van der Waals surface area contributed by atoms with E-state index in [0.717, 1.165) is 5.56 Å². The van der Waals surface area contributed by atoms with Gasteiger partial charge < -0.3 is 5.11 Å². The minimum atomic E-state index is -1.07. The van der Waals surface area contributed by atoms with E-state index in [1.807, 2.05) is 13.0 Å². The summed E-state index contributed by atoms with van der Waals surface area (Å²) >= 11 is 0. The number of nitrogens with zero attached hydrogens (tertiary/aromatic N) is 5. The normalized spacial score (nSPS) is 10.8. The summed E-state index contributed by atoms with van der Waals surface area (Å²) in [5.74, 6) is -0.237. The molecule has 0 aliphatic carbocycles. The molecule has 0 saturated heterocycles. The number of pyridine rings is 1. The fourth-order valence-corrected chi connectivity index (χ4v) is 1.87. The fraction of sp³-hybridized carbons (Fsp3) is 0.154. The summed E-state index contributed by atoms with van der Waals surface area (Å²) in [6.07, 6.45) is 3.89. The quantitative estimate of drug-likeness (QED) is 0.773. The molecule has 0 aliphatic heterocycles. The number of fused-ring (bicyclic) bond motifs is 1. The van der Waals surface area contributed by atoms with Crippen LogP contribution in [0.2, 0.25) is 0 Å². The van der Waals surface area contributed by atoms with Gasteiger partial charge in [0.15, 0.2) is 11.5 Å². The van der Waals surface area contributed by atoms with Crippen molar-refractivity contribution >= 4 is 11.7 Å².